The van der Waals surface area contributed by atoms with Crippen LogP contribution in [0.5, 0.6) is 0 Å². The van der Waals surface area contributed by atoms with Crippen molar-refractivity contribution in [3.8, 4) is 0 Å². The second-order valence-corrected chi connectivity index (χ2v) is 14.7. The van der Waals surface area contributed by atoms with E-state index < -0.39 is 47.9 Å². The lowest BCUT2D eigenvalue weighted by atomic mass is 9.78. The molecule has 0 spiro atoms. The zero-order chi connectivity index (χ0) is 35.7. The molecule has 2 fully saturated rings. The average Bonchev–Trinajstić information content (AvgIpc) is 3.61. The topological polar surface area (TPSA) is 116 Å². The van der Waals surface area contributed by atoms with E-state index in [0.29, 0.717) is 24.9 Å². The minimum atomic E-state index is -1.05. The number of carbonyl (C=O) groups excluding carboxylic acids is 3. The summed E-state index contributed by atoms with van der Waals surface area (Å²) < 4.78 is 31.3. The Morgan fingerprint density at radius 1 is 1.08 bits per heavy atom. The van der Waals surface area contributed by atoms with E-state index >= 15 is 0 Å². The predicted octanol–water partition coefficient (Wildman–Crippen LogP) is 4.80. The summed E-state index contributed by atoms with van der Waals surface area (Å²) in [6.07, 6.45) is 3.90. The van der Waals surface area contributed by atoms with Crippen molar-refractivity contribution in [2.45, 2.75) is 109 Å². The fourth-order valence-electron chi connectivity index (χ4n) is 7.43. The maximum atomic E-state index is 14.1. The Labute approximate surface area is 293 Å². The van der Waals surface area contributed by atoms with Gasteiger partial charge in [-0.15, -0.1) is 0 Å². The molecule has 4 rings (SSSR count). The van der Waals surface area contributed by atoms with Gasteiger partial charge in [-0.2, -0.15) is 0 Å². The number of esters is 2. The van der Waals surface area contributed by atoms with E-state index in [1.807, 2.05) is 38.9 Å². The highest BCUT2D eigenvalue weighted by atomic mass is 16.7. The molecule has 1 N–H and O–H groups in total. The zero-order valence-electron chi connectivity index (χ0n) is 30.8. The van der Waals surface area contributed by atoms with Crippen molar-refractivity contribution in [2.24, 2.45) is 17.8 Å². The van der Waals surface area contributed by atoms with Crippen LogP contribution in [0.15, 0.2) is 42.3 Å². The van der Waals surface area contributed by atoms with E-state index in [-0.39, 0.29) is 23.8 Å². The second-order valence-electron chi connectivity index (χ2n) is 14.7. The summed E-state index contributed by atoms with van der Waals surface area (Å²) in [5, 5.41) is 3.51. The van der Waals surface area contributed by atoms with E-state index in [9.17, 15) is 14.4 Å². The average molecular weight is 686 g/mol. The van der Waals surface area contributed by atoms with Crippen LogP contribution in [0.4, 0.5) is 0 Å². The number of likely N-dealkylation sites (tertiary alicyclic amines) is 1. The molecule has 1 unspecified atom stereocenters. The summed E-state index contributed by atoms with van der Waals surface area (Å²) in [5.74, 6) is -3.19. The molecule has 0 bridgehead atoms. The molecule has 49 heavy (non-hydrogen) atoms. The molecule has 9 atom stereocenters. The predicted molar refractivity (Wildman–Crippen MR) is 187 cm³/mol. The van der Waals surface area contributed by atoms with Gasteiger partial charge in [0.2, 0.25) is 0 Å². The summed E-state index contributed by atoms with van der Waals surface area (Å²) in [7, 11) is 5.49. The first-order chi connectivity index (χ1) is 23.3. The van der Waals surface area contributed by atoms with Crippen LogP contribution in [0.1, 0.15) is 83.5 Å². The molecule has 3 aliphatic heterocycles. The van der Waals surface area contributed by atoms with Gasteiger partial charge in [-0.1, -0.05) is 32.0 Å². The monoisotopic (exact) mass is 685 g/mol. The molecule has 0 radical (unpaired) electrons. The fourth-order valence-corrected chi connectivity index (χ4v) is 7.43. The normalized spacial score (nSPS) is 33.9. The van der Waals surface area contributed by atoms with Crippen LogP contribution in [-0.4, -0.2) is 111 Å². The van der Waals surface area contributed by atoms with Crippen molar-refractivity contribution in [3.63, 3.8) is 0 Å². The molecule has 11 heteroatoms. The van der Waals surface area contributed by atoms with Gasteiger partial charge in [-0.25, -0.2) is 4.79 Å². The van der Waals surface area contributed by atoms with Crippen LogP contribution >= 0.6 is 0 Å². The molecule has 274 valence electrons. The summed E-state index contributed by atoms with van der Waals surface area (Å²) >= 11 is 0. The van der Waals surface area contributed by atoms with Crippen molar-refractivity contribution in [1.29, 1.82) is 0 Å². The van der Waals surface area contributed by atoms with Gasteiger partial charge in [0.05, 0.1) is 29.4 Å². The van der Waals surface area contributed by atoms with Crippen LogP contribution in [0.2, 0.25) is 0 Å². The summed E-state index contributed by atoms with van der Waals surface area (Å²) in [4.78, 5) is 45.2. The number of cyclic esters (lactones) is 1. The van der Waals surface area contributed by atoms with Crippen molar-refractivity contribution < 1.29 is 38.1 Å². The highest BCUT2D eigenvalue weighted by Gasteiger charge is 2.50. The number of ether oxygens (including phenoxy) is 5. The Balaban J connectivity index is 1.61. The smallest absolute Gasteiger partial charge is 0.338 e. The Bertz CT molecular complexity index is 1270. The summed E-state index contributed by atoms with van der Waals surface area (Å²) in [6.45, 7) is 13.2. The van der Waals surface area contributed by atoms with E-state index in [0.717, 1.165) is 38.2 Å². The minimum absolute atomic E-state index is 0.0849. The molecule has 1 aromatic rings. The van der Waals surface area contributed by atoms with Gasteiger partial charge in [0.1, 0.15) is 12.2 Å². The zero-order valence-corrected chi connectivity index (χ0v) is 30.8. The number of rotatable bonds is 10. The highest BCUT2D eigenvalue weighted by Crippen LogP contribution is 2.37. The number of ketones is 1. The van der Waals surface area contributed by atoms with Gasteiger partial charge in [0.15, 0.2) is 18.2 Å². The van der Waals surface area contributed by atoms with E-state index in [1.165, 1.54) is 19.1 Å². The van der Waals surface area contributed by atoms with Gasteiger partial charge >= 0.3 is 11.9 Å². The maximum absolute atomic E-state index is 14.1. The molecule has 0 saturated carbocycles. The first kappa shape index (κ1) is 39.0. The molecule has 0 aromatic heterocycles. The number of allylic oxidation sites excluding steroid dienone is 1. The number of benzene rings is 1. The standard InChI is InChI=1S/C38H59N3O8/c1-25-22-38(5,45-8)34(49-37-33(31(40(6)7)21-26(2)47-37)48-36(44)29-15-10-9-11-16-29)27(3)32(42)28(4)35(43)46-24-30(39-23-25)17-14-20-41-18-12-13-19-41/h9-11,15-16,24-28,31,33-34,37,39H,12-14,17-23H2,1-8H3/t25-,26-,27+,28?,31+,33-,34-,37+,38-/m1/s1. The number of hydrogen-bond acceptors (Lipinski definition) is 11. The van der Waals surface area contributed by atoms with Crippen LogP contribution in [0.3, 0.4) is 0 Å². The third-order valence-corrected chi connectivity index (χ3v) is 10.4. The third kappa shape index (κ3) is 10.4. The van der Waals surface area contributed by atoms with Gasteiger partial charge in [0.25, 0.3) is 0 Å². The Hall–Kier alpha value is -2.83. The number of methoxy groups -OCH3 is 1. The Morgan fingerprint density at radius 2 is 1.78 bits per heavy atom. The minimum Gasteiger partial charge on any atom is -0.452 e. The SMILES string of the molecule is CO[C@]1(C)C[C@@H](C)CNC(CCCN2CCCC2)=COC(=O)C(C)C(=O)[C@H](C)[C@H]1O[C@@H]1O[C@H](C)C[C@H](N(C)C)[C@H]1OC(=O)c1ccccc1. The Kier molecular flexibility index (Phi) is 14.2. The highest BCUT2D eigenvalue weighted by molar-refractivity contribution is 6.00. The Morgan fingerprint density at radius 3 is 2.43 bits per heavy atom. The quantitative estimate of drug-likeness (QED) is 0.271. The number of nitrogens with one attached hydrogen (secondary N) is 1. The molecule has 0 aliphatic carbocycles. The molecule has 11 nitrogen and oxygen atoms in total. The fraction of sp³-hybridized carbons (Fsp3) is 0.711. The largest absolute Gasteiger partial charge is 0.452 e. The van der Waals surface area contributed by atoms with Crippen LogP contribution < -0.4 is 5.32 Å². The van der Waals surface area contributed by atoms with Gasteiger partial charge in [0, 0.05) is 25.3 Å². The molecule has 3 heterocycles. The van der Waals surface area contributed by atoms with Crippen LogP contribution in [0, 0.1) is 17.8 Å². The molecular weight excluding hydrogens is 626 g/mol. The number of Topliss-reactive ketones (excluding diaryl/α,β-unsaturated/α-hetero) is 1. The van der Waals surface area contributed by atoms with E-state index in [4.69, 9.17) is 23.7 Å². The lowest BCUT2D eigenvalue weighted by Gasteiger charge is -2.47. The van der Waals surface area contributed by atoms with Crippen LogP contribution in [-0.2, 0) is 33.3 Å². The molecular formula is C38H59N3O8. The summed E-state index contributed by atoms with van der Waals surface area (Å²) in [6, 6.07) is 8.60. The van der Waals surface area contributed by atoms with Gasteiger partial charge in [-0.3, -0.25) is 9.59 Å². The van der Waals surface area contributed by atoms with E-state index in [2.05, 4.69) is 17.1 Å². The molecule has 2 saturated heterocycles. The van der Waals surface area contributed by atoms with Gasteiger partial charge < -0.3 is 38.8 Å². The number of carbonyl (C=O) groups is 3. The lowest BCUT2D eigenvalue weighted by molar-refractivity contribution is -0.294. The first-order valence-corrected chi connectivity index (χ1v) is 18.0. The van der Waals surface area contributed by atoms with Crippen molar-refractivity contribution in [3.05, 3.63) is 47.9 Å². The second kappa shape index (κ2) is 17.9. The van der Waals surface area contributed by atoms with Gasteiger partial charge in [-0.05, 0) is 111 Å². The third-order valence-electron chi connectivity index (χ3n) is 10.4. The van der Waals surface area contributed by atoms with Crippen LogP contribution in [0.25, 0.3) is 0 Å². The number of nitrogens with zero attached hydrogens (tertiary/aromatic N) is 2. The molecule has 3 aliphatic rings. The number of hydrogen-bond donors (Lipinski definition) is 1. The molecule has 1 aromatic carbocycles. The first-order valence-electron chi connectivity index (χ1n) is 18.0. The molecule has 0 amide bonds. The number of likely N-dealkylation sites (N-methyl/N-ethyl adjacent to an activating group) is 1. The lowest BCUT2D eigenvalue weighted by Crippen LogP contribution is -2.60. The maximum Gasteiger partial charge on any atom is 0.338 e. The van der Waals surface area contributed by atoms with Crippen molar-refractivity contribution in [1.82, 2.24) is 15.1 Å². The van der Waals surface area contributed by atoms with Crippen molar-refractivity contribution in [2.75, 3.05) is 47.4 Å². The summed E-state index contributed by atoms with van der Waals surface area (Å²) in [5.41, 5.74) is 0.280. The van der Waals surface area contributed by atoms with E-state index in [1.54, 1.807) is 45.2 Å². The van der Waals surface area contributed by atoms with Crippen molar-refractivity contribution >= 4 is 17.7 Å².